The van der Waals surface area contributed by atoms with Gasteiger partial charge in [-0.15, -0.1) is 22.7 Å². The van der Waals surface area contributed by atoms with E-state index in [4.69, 9.17) is 0 Å². The summed E-state index contributed by atoms with van der Waals surface area (Å²) in [5.41, 5.74) is 3.60. The number of nitrogens with zero attached hydrogens (tertiary/aromatic N) is 1. The lowest BCUT2D eigenvalue weighted by Crippen LogP contribution is -2.17. The Balaban J connectivity index is 1.80. The Hall–Kier alpha value is -1.98. The maximum atomic E-state index is 12.4. The van der Waals surface area contributed by atoms with Crippen molar-refractivity contribution in [2.24, 2.45) is 0 Å². The van der Waals surface area contributed by atoms with Crippen molar-refractivity contribution in [1.82, 2.24) is 4.98 Å². The number of amides is 1. The van der Waals surface area contributed by atoms with E-state index in [1.54, 1.807) is 16.8 Å². The van der Waals surface area contributed by atoms with Gasteiger partial charge in [0.1, 0.15) is 10.7 Å². The van der Waals surface area contributed by atoms with E-state index in [-0.39, 0.29) is 11.8 Å². The van der Waals surface area contributed by atoms with Crippen molar-refractivity contribution in [1.29, 1.82) is 0 Å². The van der Waals surface area contributed by atoms with Crippen LogP contribution >= 0.6 is 22.7 Å². The van der Waals surface area contributed by atoms with Crippen molar-refractivity contribution in [3.63, 3.8) is 0 Å². The van der Waals surface area contributed by atoms with Crippen LogP contribution in [0.5, 0.6) is 0 Å². The van der Waals surface area contributed by atoms with Gasteiger partial charge in [-0.25, -0.2) is 4.98 Å². The Kier molecular flexibility index (Phi) is 4.13. The highest BCUT2D eigenvalue weighted by Gasteiger charge is 2.19. The Morgan fingerprint density at radius 3 is 2.67 bits per heavy atom. The summed E-state index contributed by atoms with van der Waals surface area (Å²) in [7, 11) is 0. The summed E-state index contributed by atoms with van der Waals surface area (Å²) in [4.78, 5) is 17.8. The zero-order valence-electron chi connectivity index (χ0n) is 11.4. The fourth-order valence-corrected chi connectivity index (χ4v) is 3.51. The number of carbonyl (C=O) groups is 1. The number of nitrogens with one attached hydrogen (secondary N) is 1. The third-order valence-electron chi connectivity index (χ3n) is 3.21. The maximum absolute atomic E-state index is 12.4. The molecule has 3 nitrogen and oxygen atoms in total. The lowest BCUT2D eigenvalue weighted by Gasteiger charge is -2.10. The second-order valence-corrected chi connectivity index (χ2v) is 6.46. The molecule has 2 heterocycles. The van der Waals surface area contributed by atoms with E-state index in [0.717, 1.165) is 21.1 Å². The van der Waals surface area contributed by atoms with Crippen molar-refractivity contribution >= 4 is 33.6 Å². The van der Waals surface area contributed by atoms with Gasteiger partial charge in [-0.2, -0.15) is 0 Å². The molecule has 1 amide bonds. The second-order valence-electron chi connectivity index (χ2n) is 4.62. The maximum Gasteiger partial charge on any atom is 0.233 e. The largest absolute Gasteiger partial charge is 0.315 e. The first-order valence-corrected chi connectivity index (χ1v) is 8.35. The fraction of sp³-hybridized carbons (Fsp3) is 0.125. The van der Waals surface area contributed by atoms with E-state index in [1.807, 2.05) is 54.8 Å². The van der Waals surface area contributed by atoms with Gasteiger partial charge in [-0.05, 0) is 18.4 Å². The van der Waals surface area contributed by atoms with Gasteiger partial charge in [0.15, 0.2) is 0 Å². The molecule has 0 fully saturated rings. The molecule has 3 aromatic rings. The molecule has 1 atom stereocenters. The van der Waals surface area contributed by atoms with Gasteiger partial charge in [-0.1, -0.05) is 36.4 Å². The average molecular weight is 314 g/mol. The van der Waals surface area contributed by atoms with E-state index >= 15 is 0 Å². The third kappa shape index (κ3) is 3.04. The van der Waals surface area contributed by atoms with Crippen LogP contribution in [-0.4, -0.2) is 10.9 Å². The van der Waals surface area contributed by atoms with Gasteiger partial charge in [0.25, 0.3) is 0 Å². The number of rotatable bonds is 4. The lowest BCUT2D eigenvalue weighted by molar-refractivity contribution is -0.117. The van der Waals surface area contributed by atoms with E-state index in [0.29, 0.717) is 0 Å². The van der Waals surface area contributed by atoms with Crippen molar-refractivity contribution in [2.45, 2.75) is 12.8 Å². The van der Waals surface area contributed by atoms with Gasteiger partial charge in [0.05, 0.1) is 11.4 Å². The minimum Gasteiger partial charge on any atom is -0.315 e. The van der Waals surface area contributed by atoms with Crippen LogP contribution in [0.1, 0.15) is 17.7 Å². The van der Waals surface area contributed by atoms with Crippen LogP contribution in [0.3, 0.4) is 0 Å². The molecule has 3 rings (SSSR count). The minimum atomic E-state index is -0.157. The van der Waals surface area contributed by atoms with E-state index in [1.165, 1.54) is 11.3 Å². The SMILES string of the molecule is C[C@H](C(=O)Nc1scnc1-c1ccccc1)c1cccs1. The molecule has 0 saturated heterocycles. The van der Waals surface area contributed by atoms with Crippen LogP contribution in [-0.2, 0) is 4.79 Å². The van der Waals surface area contributed by atoms with Gasteiger partial charge >= 0.3 is 0 Å². The number of aromatic nitrogens is 1. The quantitative estimate of drug-likeness (QED) is 0.764. The average Bonchev–Trinajstić information content (AvgIpc) is 3.19. The second kappa shape index (κ2) is 6.20. The Labute approximate surface area is 131 Å². The lowest BCUT2D eigenvalue weighted by atomic mass is 10.1. The van der Waals surface area contributed by atoms with Gasteiger partial charge in [0, 0.05) is 10.4 Å². The predicted molar refractivity (Wildman–Crippen MR) is 88.9 cm³/mol. The first kappa shape index (κ1) is 14.0. The smallest absolute Gasteiger partial charge is 0.233 e. The minimum absolute atomic E-state index is 0.00104. The first-order valence-electron chi connectivity index (χ1n) is 6.59. The summed E-state index contributed by atoms with van der Waals surface area (Å²) in [6.07, 6.45) is 0. The molecule has 0 spiro atoms. The van der Waals surface area contributed by atoms with Crippen LogP contribution in [0.15, 0.2) is 53.4 Å². The van der Waals surface area contributed by atoms with Crippen molar-refractivity contribution in [3.8, 4) is 11.3 Å². The number of benzene rings is 1. The molecule has 0 unspecified atom stereocenters. The summed E-state index contributed by atoms with van der Waals surface area (Å²) in [6, 6.07) is 13.8. The number of thiazole rings is 1. The molecule has 106 valence electrons. The van der Waals surface area contributed by atoms with Crippen LogP contribution in [0.4, 0.5) is 5.00 Å². The molecule has 0 bridgehead atoms. The summed E-state index contributed by atoms with van der Waals surface area (Å²) < 4.78 is 0. The highest BCUT2D eigenvalue weighted by atomic mass is 32.1. The van der Waals surface area contributed by atoms with Gasteiger partial charge in [-0.3, -0.25) is 4.79 Å². The van der Waals surface area contributed by atoms with Crippen LogP contribution < -0.4 is 5.32 Å². The molecule has 21 heavy (non-hydrogen) atoms. The molecule has 5 heteroatoms. The number of anilines is 1. The summed E-state index contributed by atoms with van der Waals surface area (Å²) in [6.45, 7) is 1.92. The van der Waals surface area contributed by atoms with Crippen molar-refractivity contribution in [3.05, 3.63) is 58.2 Å². The van der Waals surface area contributed by atoms with Crippen LogP contribution in [0.25, 0.3) is 11.3 Å². The Morgan fingerprint density at radius 1 is 1.14 bits per heavy atom. The zero-order chi connectivity index (χ0) is 14.7. The molecule has 2 aromatic heterocycles. The zero-order valence-corrected chi connectivity index (χ0v) is 13.1. The highest BCUT2D eigenvalue weighted by Crippen LogP contribution is 2.31. The molecule has 0 radical (unpaired) electrons. The molecular formula is C16H14N2OS2. The van der Waals surface area contributed by atoms with Crippen LogP contribution in [0, 0.1) is 0 Å². The standard InChI is InChI=1S/C16H14N2OS2/c1-11(13-8-5-9-20-13)15(19)18-16-14(17-10-21-16)12-6-3-2-4-7-12/h2-11H,1H3,(H,18,19)/t11-/m0/s1. The predicted octanol–water partition coefficient (Wildman–Crippen LogP) is 4.61. The topological polar surface area (TPSA) is 42.0 Å². The summed E-state index contributed by atoms with van der Waals surface area (Å²) in [5, 5.41) is 5.79. The molecule has 0 aliphatic rings. The number of thiophene rings is 1. The third-order valence-corrected chi connectivity index (χ3v) is 5.01. The summed E-state index contributed by atoms with van der Waals surface area (Å²) >= 11 is 3.05. The van der Waals surface area contributed by atoms with E-state index in [9.17, 15) is 4.79 Å². The Morgan fingerprint density at radius 2 is 1.95 bits per heavy atom. The fourth-order valence-electron chi connectivity index (χ4n) is 2.02. The molecule has 0 aliphatic heterocycles. The molecule has 0 aliphatic carbocycles. The normalized spacial score (nSPS) is 12.0. The molecule has 0 saturated carbocycles. The van der Waals surface area contributed by atoms with E-state index < -0.39 is 0 Å². The Bertz CT molecular complexity index is 720. The molecule has 1 aromatic carbocycles. The molecular weight excluding hydrogens is 300 g/mol. The van der Waals surface area contributed by atoms with Crippen molar-refractivity contribution < 1.29 is 4.79 Å². The van der Waals surface area contributed by atoms with Gasteiger partial charge < -0.3 is 5.32 Å². The number of hydrogen-bond donors (Lipinski definition) is 1. The highest BCUT2D eigenvalue weighted by molar-refractivity contribution is 7.14. The van der Waals surface area contributed by atoms with Crippen molar-refractivity contribution in [2.75, 3.05) is 5.32 Å². The number of carbonyl (C=O) groups excluding carboxylic acids is 1. The summed E-state index contributed by atoms with van der Waals surface area (Å²) in [5.74, 6) is -0.158. The monoisotopic (exact) mass is 314 g/mol. The first-order chi connectivity index (χ1) is 10.3. The van der Waals surface area contributed by atoms with Gasteiger partial charge in [0.2, 0.25) is 5.91 Å². The molecule has 1 N–H and O–H groups in total. The van der Waals surface area contributed by atoms with Crippen LogP contribution in [0.2, 0.25) is 0 Å². The number of hydrogen-bond acceptors (Lipinski definition) is 4. The van der Waals surface area contributed by atoms with E-state index in [2.05, 4.69) is 10.3 Å².